The van der Waals surface area contributed by atoms with Crippen molar-refractivity contribution in [1.29, 1.82) is 0 Å². The molecule has 3 nitrogen and oxygen atoms in total. The van der Waals surface area contributed by atoms with Crippen molar-refractivity contribution in [1.82, 2.24) is 0 Å². The van der Waals surface area contributed by atoms with Gasteiger partial charge in [-0.25, -0.2) is 0 Å². The van der Waals surface area contributed by atoms with Crippen molar-refractivity contribution in [3.05, 3.63) is 27.7 Å². The van der Waals surface area contributed by atoms with Crippen LogP contribution in [0.2, 0.25) is 10.0 Å². The van der Waals surface area contributed by atoms with Gasteiger partial charge in [-0.2, -0.15) is 0 Å². The number of phenols is 1. The lowest BCUT2D eigenvalue weighted by atomic mass is 10.2. The summed E-state index contributed by atoms with van der Waals surface area (Å²) in [7, 11) is 0. The number of aromatic hydroxyl groups is 1. The fourth-order valence-corrected chi connectivity index (χ4v) is 1.14. The Balaban J connectivity index is 3.26. The van der Waals surface area contributed by atoms with E-state index in [4.69, 9.17) is 28.4 Å². The monoisotopic (exact) mass is 205 g/mol. The van der Waals surface area contributed by atoms with E-state index in [1.54, 1.807) is 0 Å². The molecule has 0 spiro atoms. The lowest BCUT2D eigenvalue weighted by Gasteiger charge is -2.01. The summed E-state index contributed by atoms with van der Waals surface area (Å²) in [6.07, 6.45) is 1.11. The van der Waals surface area contributed by atoms with Gasteiger partial charge in [-0.05, 0) is 6.07 Å². The van der Waals surface area contributed by atoms with Crippen molar-refractivity contribution in [3.8, 4) is 5.75 Å². The molecule has 0 aliphatic carbocycles. The Hall–Kier alpha value is -0.930. The summed E-state index contributed by atoms with van der Waals surface area (Å²) >= 11 is 11.2. The lowest BCUT2D eigenvalue weighted by molar-refractivity contribution is 0.322. The molecule has 0 aromatic heterocycles. The average molecular weight is 206 g/mol. The first-order valence-electron chi connectivity index (χ1n) is 3.01. The molecule has 1 aromatic carbocycles. The van der Waals surface area contributed by atoms with Gasteiger partial charge in [0.1, 0.15) is 0 Å². The van der Waals surface area contributed by atoms with Gasteiger partial charge in [0, 0.05) is 5.56 Å². The fraction of sp³-hybridized carbons (Fsp3) is 0. The van der Waals surface area contributed by atoms with E-state index < -0.39 is 0 Å². The second-order valence-electron chi connectivity index (χ2n) is 2.04. The number of oxime groups is 1. The molecule has 0 heterocycles. The van der Waals surface area contributed by atoms with E-state index in [1.807, 2.05) is 0 Å². The van der Waals surface area contributed by atoms with Crippen LogP contribution in [0, 0.1) is 0 Å². The van der Waals surface area contributed by atoms with Gasteiger partial charge in [0.05, 0.1) is 16.3 Å². The normalized spacial score (nSPS) is 10.8. The van der Waals surface area contributed by atoms with Crippen molar-refractivity contribution in [2.75, 3.05) is 0 Å². The molecular formula is C7H5Cl2NO2. The van der Waals surface area contributed by atoms with E-state index in [2.05, 4.69) is 5.16 Å². The smallest absolute Gasteiger partial charge is 0.153 e. The molecule has 5 heteroatoms. The van der Waals surface area contributed by atoms with Crippen LogP contribution in [-0.2, 0) is 0 Å². The Morgan fingerprint density at radius 3 is 2.58 bits per heavy atom. The predicted molar refractivity (Wildman–Crippen MR) is 47.5 cm³/mol. The molecule has 0 saturated carbocycles. The molecule has 0 atom stereocenters. The van der Waals surface area contributed by atoms with E-state index in [0.717, 1.165) is 6.21 Å². The maximum atomic E-state index is 9.21. The highest BCUT2D eigenvalue weighted by Crippen LogP contribution is 2.33. The van der Waals surface area contributed by atoms with Crippen LogP contribution in [0.4, 0.5) is 0 Å². The molecule has 0 aliphatic heterocycles. The zero-order valence-electron chi connectivity index (χ0n) is 5.83. The number of hydrogen-bond acceptors (Lipinski definition) is 3. The maximum absolute atomic E-state index is 9.21. The summed E-state index contributed by atoms with van der Waals surface area (Å²) in [5, 5.41) is 20.4. The summed E-state index contributed by atoms with van der Waals surface area (Å²) < 4.78 is 0. The van der Waals surface area contributed by atoms with Crippen LogP contribution in [0.25, 0.3) is 0 Å². The molecule has 0 unspecified atom stereocenters. The Kier molecular flexibility index (Phi) is 2.78. The van der Waals surface area contributed by atoms with Crippen molar-refractivity contribution in [2.45, 2.75) is 0 Å². The summed E-state index contributed by atoms with van der Waals surface area (Å²) in [5.41, 5.74) is 0.404. The zero-order valence-corrected chi connectivity index (χ0v) is 7.34. The van der Waals surface area contributed by atoms with Gasteiger partial charge in [0.15, 0.2) is 5.75 Å². The molecule has 0 amide bonds. The van der Waals surface area contributed by atoms with E-state index in [-0.39, 0.29) is 15.8 Å². The molecule has 2 N–H and O–H groups in total. The number of halogens is 2. The quantitative estimate of drug-likeness (QED) is 0.421. The molecule has 12 heavy (non-hydrogen) atoms. The van der Waals surface area contributed by atoms with Crippen molar-refractivity contribution in [2.24, 2.45) is 5.16 Å². The topological polar surface area (TPSA) is 52.8 Å². The highest BCUT2D eigenvalue weighted by atomic mass is 35.5. The zero-order chi connectivity index (χ0) is 9.14. The number of hydrogen-bond donors (Lipinski definition) is 2. The SMILES string of the molecule is O/N=C/c1ccc(Cl)c(O)c1Cl. The fourth-order valence-electron chi connectivity index (χ4n) is 0.719. The number of nitrogens with zero attached hydrogens (tertiary/aromatic N) is 1. The van der Waals surface area contributed by atoms with Gasteiger partial charge in [-0.3, -0.25) is 0 Å². The maximum Gasteiger partial charge on any atom is 0.153 e. The summed E-state index contributed by atoms with van der Waals surface area (Å²) in [4.78, 5) is 0. The van der Waals surface area contributed by atoms with Crippen molar-refractivity contribution in [3.63, 3.8) is 0 Å². The highest BCUT2D eigenvalue weighted by Gasteiger charge is 2.07. The summed E-state index contributed by atoms with van der Waals surface area (Å²) in [5.74, 6) is -0.212. The van der Waals surface area contributed by atoms with Crippen LogP contribution in [-0.4, -0.2) is 16.5 Å². The van der Waals surface area contributed by atoms with Gasteiger partial charge < -0.3 is 10.3 Å². The molecule has 0 fully saturated rings. The predicted octanol–water partition coefficient (Wildman–Crippen LogP) is 2.51. The molecule has 1 aromatic rings. The van der Waals surface area contributed by atoms with Gasteiger partial charge >= 0.3 is 0 Å². The first-order chi connectivity index (χ1) is 5.66. The largest absolute Gasteiger partial charge is 0.505 e. The Bertz CT molecular complexity index is 325. The standard InChI is InChI=1S/C7H5Cl2NO2/c8-5-2-1-4(3-10-12)6(9)7(5)11/h1-3,11-12H/b10-3+. The van der Waals surface area contributed by atoms with Crippen molar-refractivity contribution >= 4 is 29.4 Å². The Labute approximate surface area is 78.8 Å². The second-order valence-corrected chi connectivity index (χ2v) is 2.83. The lowest BCUT2D eigenvalue weighted by Crippen LogP contribution is -1.83. The van der Waals surface area contributed by atoms with Crippen LogP contribution >= 0.6 is 23.2 Å². The molecule has 0 aliphatic rings. The number of benzene rings is 1. The molecule has 1 rings (SSSR count). The molecule has 64 valence electrons. The van der Waals surface area contributed by atoms with Gasteiger partial charge in [0.2, 0.25) is 0 Å². The third kappa shape index (κ3) is 1.62. The van der Waals surface area contributed by atoms with E-state index >= 15 is 0 Å². The first kappa shape index (κ1) is 9.16. The first-order valence-corrected chi connectivity index (χ1v) is 3.77. The molecule has 0 radical (unpaired) electrons. The third-order valence-electron chi connectivity index (χ3n) is 1.29. The molecular weight excluding hydrogens is 201 g/mol. The van der Waals surface area contributed by atoms with Crippen LogP contribution in [0.5, 0.6) is 5.75 Å². The number of phenolic OH excluding ortho intramolecular Hbond substituents is 1. The van der Waals surface area contributed by atoms with Gasteiger partial charge in [-0.1, -0.05) is 34.4 Å². The molecule has 0 saturated heterocycles. The summed E-state index contributed by atoms with van der Waals surface area (Å²) in [6.45, 7) is 0. The highest BCUT2D eigenvalue weighted by molar-refractivity contribution is 6.38. The van der Waals surface area contributed by atoms with E-state index in [1.165, 1.54) is 12.1 Å². The van der Waals surface area contributed by atoms with Crippen LogP contribution in [0.1, 0.15) is 5.56 Å². The Morgan fingerprint density at radius 2 is 2.00 bits per heavy atom. The average Bonchev–Trinajstić information content (AvgIpc) is 2.07. The van der Waals surface area contributed by atoms with E-state index in [9.17, 15) is 5.11 Å². The van der Waals surface area contributed by atoms with Gasteiger partial charge in [0.25, 0.3) is 0 Å². The van der Waals surface area contributed by atoms with Crippen molar-refractivity contribution < 1.29 is 10.3 Å². The minimum absolute atomic E-state index is 0.0697. The van der Waals surface area contributed by atoms with Crippen LogP contribution in [0.15, 0.2) is 17.3 Å². The minimum Gasteiger partial charge on any atom is -0.505 e. The summed E-state index contributed by atoms with van der Waals surface area (Å²) in [6, 6.07) is 2.99. The van der Waals surface area contributed by atoms with Crippen LogP contribution in [0.3, 0.4) is 0 Å². The minimum atomic E-state index is -0.212. The van der Waals surface area contributed by atoms with Crippen LogP contribution < -0.4 is 0 Å². The van der Waals surface area contributed by atoms with E-state index in [0.29, 0.717) is 5.56 Å². The second kappa shape index (κ2) is 3.65. The Morgan fingerprint density at radius 1 is 1.33 bits per heavy atom. The third-order valence-corrected chi connectivity index (χ3v) is 2.00. The number of rotatable bonds is 1. The molecule has 0 bridgehead atoms. The van der Waals surface area contributed by atoms with Gasteiger partial charge in [-0.15, -0.1) is 0 Å².